The maximum atomic E-state index is 6.03. The van der Waals surface area contributed by atoms with Gasteiger partial charge in [-0.25, -0.2) is 0 Å². The molecule has 0 spiro atoms. The lowest BCUT2D eigenvalue weighted by atomic mass is 10.1. The largest absolute Gasteiger partial charge is 0.496 e. The topological polar surface area (TPSA) is 53.1 Å². The van der Waals surface area contributed by atoms with Crippen molar-refractivity contribution in [3.05, 3.63) is 45.7 Å². The average molecular weight is 331 g/mol. The predicted octanol–water partition coefficient (Wildman–Crippen LogP) is 2.86. The monoisotopic (exact) mass is 329 g/mol. The molecule has 96 valence electrons. The van der Waals surface area contributed by atoms with E-state index in [0.717, 1.165) is 15.8 Å². The van der Waals surface area contributed by atoms with E-state index in [0.29, 0.717) is 11.6 Å². The third-order valence-electron chi connectivity index (χ3n) is 2.66. The number of nitrogens with two attached hydrogens (primary N) is 1. The van der Waals surface area contributed by atoms with Gasteiger partial charge in [0.1, 0.15) is 5.75 Å². The van der Waals surface area contributed by atoms with E-state index < -0.39 is 0 Å². The van der Waals surface area contributed by atoms with Crippen LogP contribution in [0.3, 0.4) is 0 Å². The molecule has 18 heavy (non-hydrogen) atoms. The third kappa shape index (κ3) is 2.68. The van der Waals surface area contributed by atoms with Crippen LogP contribution in [0.2, 0.25) is 5.02 Å². The van der Waals surface area contributed by atoms with Gasteiger partial charge in [-0.1, -0.05) is 11.6 Å². The smallest absolute Gasteiger partial charge is 0.124 e. The first kappa shape index (κ1) is 13.4. The van der Waals surface area contributed by atoms with Crippen LogP contribution in [0.25, 0.3) is 0 Å². The van der Waals surface area contributed by atoms with Crippen molar-refractivity contribution >= 4 is 27.5 Å². The van der Waals surface area contributed by atoms with Crippen LogP contribution in [0.1, 0.15) is 11.6 Å². The fraction of sp³-hybridized carbons (Fsp3) is 0.250. The molecule has 2 rings (SSSR count). The first-order valence-corrected chi connectivity index (χ1v) is 6.56. The SMILES string of the molecule is COc1ccc(Cl)cc1C(CN)n1cc(Br)cn1. The van der Waals surface area contributed by atoms with Gasteiger partial charge in [0.15, 0.2) is 0 Å². The molecule has 0 aliphatic rings. The van der Waals surface area contributed by atoms with Crippen LogP contribution in [-0.4, -0.2) is 23.4 Å². The van der Waals surface area contributed by atoms with Crippen molar-refractivity contribution in [1.29, 1.82) is 0 Å². The molecule has 0 saturated heterocycles. The van der Waals surface area contributed by atoms with Crippen molar-refractivity contribution in [2.45, 2.75) is 6.04 Å². The predicted molar refractivity (Wildman–Crippen MR) is 75.1 cm³/mol. The summed E-state index contributed by atoms with van der Waals surface area (Å²) in [5.41, 5.74) is 6.76. The van der Waals surface area contributed by atoms with Gasteiger partial charge in [-0.05, 0) is 34.1 Å². The summed E-state index contributed by atoms with van der Waals surface area (Å²) in [5.74, 6) is 0.751. The molecule has 0 bridgehead atoms. The molecule has 0 amide bonds. The molecule has 6 heteroatoms. The molecule has 1 aromatic heterocycles. The molecule has 2 aromatic rings. The molecule has 1 unspecified atom stereocenters. The highest BCUT2D eigenvalue weighted by Crippen LogP contribution is 2.30. The van der Waals surface area contributed by atoms with E-state index in [-0.39, 0.29) is 6.04 Å². The van der Waals surface area contributed by atoms with Crippen LogP contribution in [0, 0.1) is 0 Å². The highest BCUT2D eigenvalue weighted by atomic mass is 79.9. The second-order valence-corrected chi connectivity index (χ2v) is 5.13. The normalized spacial score (nSPS) is 12.4. The highest BCUT2D eigenvalue weighted by Gasteiger charge is 2.18. The van der Waals surface area contributed by atoms with Crippen LogP contribution in [0.4, 0.5) is 0 Å². The van der Waals surface area contributed by atoms with E-state index in [2.05, 4.69) is 21.0 Å². The number of hydrogen-bond acceptors (Lipinski definition) is 3. The zero-order chi connectivity index (χ0) is 13.1. The van der Waals surface area contributed by atoms with E-state index in [1.165, 1.54) is 0 Å². The van der Waals surface area contributed by atoms with Gasteiger partial charge in [0, 0.05) is 23.3 Å². The van der Waals surface area contributed by atoms with E-state index in [1.807, 2.05) is 18.3 Å². The molecule has 2 N–H and O–H groups in total. The molecule has 1 atom stereocenters. The van der Waals surface area contributed by atoms with Crippen LogP contribution < -0.4 is 10.5 Å². The summed E-state index contributed by atoms with van der Waals surface area (Å²) in [6.45, 7) is 0.408. The number of halogens is 2. The molecular weight excluding hydrogens is 318 g/mol. The molecule has 0 fully saturated rings. The Morgan fingerprint density at radius 2 is 2.33 bits per heavy atom. The summed E-state index contributed by atoms with van der Waals surface area (Å²) >= 11 is 9.40. The van der Waals surface area contributed by atoms with Gasteiger partial charge < -0.3 is 10.5 Å². The maximum absolute atomic E-state index is 6.03. The second kappa shape index (κ2) is 5.73. The summed E-state index contributed by atoms with van der Waals surface area (Å²) in [6.07, 6.45) is 3.59. The van der Waals surface area contributed by atoms with E-state index in [1.54, 1.807) is 24.1 Å². The van der Waals surface area contributed by atoms with Gasteiger partial charge in [0.05, 0.1) is 23.8 Å². The summed E-state index contributed by atoms with van der Waals surface area (Å²) in [5, 5.41) is 4.91. The number of rotatable bonds is 4. The number of hydrogen-bond donors (Lipinski definition) is 1. The summed E-state index contributed by atoms with van der Waals surface area (Å²) in [4.78, 5) is 0. The molecular formula is C12H13BrClN3O. The number of benzene rings is 1. The highest BCUT2D eigenvalue weighted by molar-refractivity contribution is 9.10. The minimum Gasteiger partial charge on any atom is -0.496 e. The molecule has 1 aromatic carbocycles. The third-order valence-corrected chi connectivity index (χ3v) is 3.31. The van der Waals surface area contributed by atoms with Crippen molar-refractivity contribution in [2.24, 2.45) is 5.73 Å². The summed E-state index contributed by atoms with van der Waals surface area (Å²) < 4.78 is 8.04. The zero-order valence-corrected chi connectivity index (χ0v) is 12.1. The van der Waals surface area contributed by atoms with Crippen molar-refractivity contribution in [3.8, 4) is 5.75 Å². The van der Waals surface area contributed by atoms with E-state index in [4.69, 9.17) is 22.1 Å². The molecule has 1 heterocycles. The number of nitrogens with zero attached hydrogens (tertiary/aromatic N) is 2. The van der Waals surface area contributed by atoms with Crippen LogP contribution in [0.15, 0.2) is 35.1 Å². The fourth-order valence-corrected chi connectivity index (χ4v) is 2.31. The lowest BCUT2D eigenvalue weighted by molar-refractivity contribution is 0.398. The number of aromatic nitrogens is 2. The lowest BCUT2D eigenvalue weighted by Gasteiger charge is -2.19. The Morgan fingerprint density at radius 3 is 2.89 bits per heavy atom. The Balaban J connectivity index is 2.47. The second-order valence-electron chi connectivity index (χ2n) is 3.78. The quantitative estimate of drug-likeness (QED) is 0.938. The first-order chi connectivity index (χ1) is 8.65. The molecule has 0 aliphatic heterocycles. The summed E-state index contributed by atoms with van der Waals surface area (Å²) in [7, 11) is 1.62. The van der Waals surface area contributed by atoms with Gasteiger partial charge in [0.25, 0.3) is 0 Å². The molecule has 0 radical (unpaired) electrons. The van der Waals surface area contributed by atoms with Crippen molar-refractivity contribution in [1.82, 2.24) is 9.78 Å². The molecule has 0 saturated carbocycles. The van der Waals surface area contributed by atoms with Crippen molar-refractivity contribution in [2.75, 3.05) is 13.7 Å². The number of methoxy groups -OCH3 is 1. The van der Waals surface area contributed by atoms with Gasteiger partial charge in [-0.2, -0.15) is 5.10 Å². The van der Waals surface area contributed by atoms with E-state index in [9.17, 15) is 0 Å². The summed E-state index contributed by atoms with van der Waals surface area (Å²) in [6, 6.07) is 5.37. The van der Waals surface area contributed by atoms with E-state index >= 15 is 0 Å². The standard InChI is InChI=1S/C12H13BrClN3O/c1-18-12-3-2-9(14)4-10(12)11(5-15)17-7-8(13)6-16-17/h2-4,6-7,11H,5,15H2,1H3. The van der Waals surface area contributed by atoms with Gasteiger partial charge in [-0.3, -0.25) is 4.68 Å². The Labute approximate surface area is 119 Å². The van der Waals surface area contributed by atoms with Gasteiger partial charge in [0.2, 0.25) is 0 Å². The van der Waals surface area contributed by atoms with Crippen LogP contribution in [-0.2, 0) is 0 Å². The number of ether oxygens (including phenoxy) is 1. The van der Waals surface area contributed by atoms with Crippen molar-refractivity contribution < 1.29 is 4.74 Å². The minimum atomic E-state index is -0.107. The van der Waals surface area contributed by atoms with Gasteiger partial charge in [-0.15, -0.1) is 0 Å². The molecule has 4 nitrogen and oxygen atoms in total. The van der Waals surface area contributed by atoms with Crippen LogP contribution >= 0.6 is 27.5 Å². The zero-order valence-electron chi connectivity index (χ0n) is 9.81. The Hall–Kier alpha value is -1.04. The Morgan fingerprint density at radius 1 is 1.56 bits per heavy atom. The fourth-order valence-electron chi connectivity index (χ4n) is 1.83. The van der Waals surface area contributed by atoms with Crippen molar-refractivity contribution in [3.63, 3.8) is 0 Å². The average Bonchev–Trinajstić information content (AvgIpc) is 2.77. The Kier molecular flexibility index (Phi) is 4.27. The van der Waals surface area contributed by atoms with Gasteiger partial charge >= 0.3 is 0 Å². The minimum absolute atomic E-state index is 0.107. The maximum Gasteiger partial charge on any atom is 0.124 e. The molecule has 0 aliphatic carbocycles. The first-order valence-electron chi connectivity index (χ1n) is 5.39. The Bertz CT molecular complexity index is 544. The lowest BCUT2D eigenvalue weighted by Crippen LogP contribution is -2.21. The van der Waals surface area contributed by atoms with Crippen LogP contribution in [0.5, 0.6) is 5.75 Å².